The van der Waals surface area contributed by atoms with Gasteiger partial charge in [-0.15, -0.1) is 0 Å². The van der Waals surface area contributed by atoms with Gasteiger partial charge in [-0.3, -0.25) is 4.79 Å². The fourth-order valence-electron chi connectivity index (χ4n) is 4.64. The molecule has 3 aromatic rings. The van der Waals surface area contributed by atoms with Gasteiger partial charge < -0.3 is 14.8 Å². The van der Waals surface area contributed by atoms with Crippen molar-refractivity contribution in [2.75, 3.05) is 33.9 Å². The van der Waals surface area contributed by atoms with Crippen molar-refractivity contribution in [1.82, 2.24) is 9.62 Å². The molecule has 1 unspecified atom stereocenters. The predicted molar refractivity (Wildman–Crippen MR) is 134 cm³/mol. The molecule has 3 aromatic carbocycles. The van der Waals surface area contributed by atoms with Crippen LogP contribution in [0.4, 0.5) is 0 Å². The summed E-state index contributed by atoms with van der Waals surface area (Å²) in [6.45, 7) is 0.976. The average Bonchev–Trinajstić information content (AvgIpc) is 2.92. The van der Waals surface area contributed by atoms with Gasteiger partial charge in [0, 0.05) is 25.0 Å². The van der Waals surface area contributed by atoms with E-state index in [1.165, 1.54) is 11.4 Å². The summed E-state index contributed by atoms with van der Waals surface area (Å²) in [5, 5.41) is 3.05. The molecule has 7 nitrogen and oxygen atoms in total. The molecule has 1 amide bonds. The molecule has 8 heteroatoms. The summed E-state index contributed by atoms with van der Waals surface area (Å²) in [5.74, 6) is 0.833. The van der Waals surface area contributed by atoms with Crippen molar-refractivity contribution >= 4 is 15.9 Å². The number of carbonyl (C=O) groups is 1. The van der Waals surface area contributed by atoms with E-state index in [1.807, 2.05) is 36.4 Å². The fourth-order valence-corrected chi connectivity index (χ4v) is 6.21. The number of sulfonamides is 1. The number of para-hydroxylation sites is 1. The highest BCUT2D eigenvalue weighted by Crippen LogP contribution is 2.36. The van der Waals surface area contributed by atoms with E-state index >= 15 is 0 Å². The molecule has 1 aliphatic rings. The molecular formula is C27H30N2O5S. The Balaban J connectivity index is 1.62. The third-order valence-corrected chi connectivity index (χ3v) is 8.42. The number of hydrogen-bond acceptors (Lipinski definition) is 5. The molecule has 0 spiro atoms. The van der Waals surface area contributed by atoms with Gasteiger partial charge in [0.25, 0.3) is 5.91 Å². The van der Waals surface area contributed by atoms with Crippen LogP contribution < -0.4 is 14.8 Å². The normalized spacial score (nSPS) is 18.6. The Morgan fingerprint density at radius 3 is 2.31 bits per heavy atom. The first-order chi connectivity index (χ1) is 16.9. The topological polar surface area (TPSA) is 84.9 Å². The zero-order chi connectivity index (χ0) is 24.9. The molecule has 0 bridgehead atoms. The summed E-state index contributed by atoms with van der Waals surface area (Å²) in [6.07, 6.45) is 1.42. The molecule has 1 aliphatic heterocycles. The maximum atomic E-state index is 13.5. The lowest BCUT2D eigenvalue weighted by atomic mass is 9.74. The molecule has 4 rings (SSSR count). The number of hydrogen-bond donors (Lipinski definition) is 1. The van der Waals surface area contributed by atoms with Crippen LogP contribution in [-0.2, 0) is 15.4 Å². The van der Waals surface area contributed by atoms with Crippen LogP contribution in [0.25, 0.3) is 0 Å². The van der Waals surface area contributed by atoms with Gasteiger partial charge >= 0.3 is 0 Å². The molecule has 1 atom stereocenters. The van der Waals surface area contributed by atoms with E-state index < -0.39 is 15.4 Å². The minimum Gasteiger partial charge on any atom is -0.497 e. The van der Waals surface area contributed by atoms with Gasteiger partial charge in [-0.1, -0.05) is 42.5 Å². The van der Waals surface area contributed by atoms with Crippen molar-refractivity contribution in [2.45, 2.75) is 23.2 Å². The highest BCUT2D eigenvalue weighted by molar-refractivity contribution is 7.89. The van der Waals surface area contributed by atoms with Crippen LogP contribution in [0.3, 0.4) is 0 Å². The molecule has 1 N–H and O–H groups in total. The third kappa shape index (κ3) is 5.18. The summed E-state index contributed by atoms with van der Waals surface area (Å²) >= 11 is 0. The summed E-state index contributed by atoms with van der Waals surface area (Å²) in [7, 11) is -0.651. The van der Waals surface area contributed by atoms with Crippen molar-refractivity contribution in [3.05, 3.63) is 90.0 Å². The maximum absolute atomic E-state index is 13.5. The van der Waals surface area contributed by atoms with Crippen molar-refractivity contribution in [2.24, 2.45) is 0 Å². The minimum atomic E-state index is -3.72. The lowest BCUT2D eigenvalue weighted by Crippen LogP contribution is -2.53. The number of nitrogens with zero attached hydrogens (tertiary/aromatic N) is 1. The van der Waals surface area contributed by atoms with Gasteiger partial charge in [0.1, 0.15) is 11.5 Å². The number of carbonyl (C=O) groups excluding carboxylic acids is 1. The molecule has 1 fully saturated rings. The highest BCUT2D eigenvalue weighted by Gasteiger charge is 2.41. The quantitative estimate of drug-likeness (QED) is 0.514. The lowest BCUT2D eigenvalue weighted by Gasteiger charge is -2.43. The predicted octanol–water partition coefficient (Wildman–Crippen LogP) is 3.86. The second-order valence-electron chi connectivity index (χ2n) is 8.65. The van der Waals surface area contributed by atoms with Crippen molar-refractivity contribution < 1.29 is 22.7 Å². The Hall–Kier alpha value is -3.36. The fraction of sp³-hybridized carbons (Fsp3) is 0.296. The van der Waals surface area contributed by atoms with Crippen LogP contribution in [0.1, 0.15) is 28.8 Å². The Labute approximate surface area is 206 Å². The van der Waals surface area contributed by atoms with E-state index in [1.54, 1.807) is 49.6 Å². The SMILES string of the molecule is COc1ccc(S(=O)(=O)N2CCCC(CNC(=O)c3ccccc3OC)(c3ccccc3)C2)cc1. The van der Waals surface area contributed by atoms with Gasteiger partial charge in [-0.25, -0.2) is 8.42 Å². The second-order valence-corrected chi connectivity index (χ2v) is 10.6. The zero-order valence-corrected chi connectivity index (χ0v) is 20.8. The van der Waals surface area contributed by atoms with Crippen LogP contribution in [0.2, 0.25) is 0 Å². The summed E-state index contributed by atoms with van der Waals surface area (Å²) in [5.41, 5.74) is 0.864. The first kappa shape index (κ1) is 24.8. The zero-order valence-electron chi connectivity index (χ0n) is 19.9. The van der Waals surface area contributed by atoms with Crippen molar-refractivity contribution in [1.29, 1.82) is 0 Å². The lowest BCUT2D eigenvalue weighted by molar-refractivity contribution is 0.0929. The second kappa shape index (κ2) is 10.5. The van der Waals surface area contributed by atoms with E-state index in [2.05, 4.69) is 5.32 Å². The molecular weight excluding hydrogens is 464 g/mol. The Bertz CT molecular complexity index is 1260. The number of benzene rings is 3. The highest BCUT2D eigenvalue weighted by atomic mass is 32.2. The number of nitrogens with one attached hydrogen (secondary N) is 1. The van der Waals surface area contributed by atoms with Crippen molar-refractivity contribution in [3.8, 4) is 11.5 Å². The molecule has 35 heavy (non-hydrogen) atoms. The molecule has 1 saturated heterocycles. The van der Waals surface area contributed by atoms with Crippen LogP contribution in [0.5, 0.6) is 11.5 Å². The van der Waals surface area contributed by atoms with E-state index in [9.17, 15) is 13.2 Å². The number of methoxy groups -OCH3 is 2. The molecule has 0 aromatic heterocycles. The Kier molecular flexibility index (Phi) is 7.42. The van der Waals surface area contributed by atoms with Crippen LogP contribution in [0, 0.1) is 0 Å². The molecule has 1 heterocycles. The van der Waals surface area contributed by atoms with Crippen molar-refractivity contribution in [3.63, 3.8) is 0 Å². The first-order valence-corrected chi connectivity index (χ1v) is 12.9. The number of piperidine rings is 1. The Morgan fingerprint density at radius 2 is 1.63 bits per heavy atom. The third-order valence-electron chi connectivity index (χ3n) is 6.56. The van der Waals surface area contributed by atoms with Gasteiger partial charge in [-0.2, -0.15) is 4.31 Å². The van der Waals surface area contributed by atoms with E-state index in [-0.39, 0.29) is 17.3 Å². The standard InChI is InChI=1S/C27H30N2O5S/c1-33-22-13-15-23(16-14-22)35(31,32)29-18-8-17-27(20-29,21-9-4-3-5-10-21)19-28-26(30)24-11-6-7-12-25(24)34-2/h3-7,9-16H,8,17-20H2,1-2H3,(H,28,30). The number of amides is 1. The average molecular weight is 495 g/mol. The minimum absolute atomic E-state index is 0.222. The van der Waals surface area contributed by atoms with Gasteiger partial charge in [-0.05, 0) is 54.8 Å². The summed E-state index contributed by atoms with van der Waals surface area (Å²) in [6, 6.07) is 23.3. The van der Waals surface area contributed by atoms with Gasteiger partial charge in [0.05, 0.1) is 24.7 Å². The molecule has 184 valence electrons. The van der Waals surface area contributed by atoms with Crippen LogP contribution in [-0.4, -0.2) is 52.5 Å². The van der Waals surface area contributed by atoms with Gasteiger partial charge in [0.15, 0.2) is 0 Å². The van der Waals surface area contributed by atoms with Gasteiger partial charge in [0.2, 0.25) is 10.0 Å². The summed E-state index contributed by atoms with van der Waals surface area (Å²) < 4.78 is 39.1. The van der Waals surface area contributed by atoms with Crippen LogP contribution >= 0.6 is 0 Å². The number of ether oxygens (including phenoxy) is 2. The molecule has 0 radical (unpaired) electrons. The molecule has 0 saturated carbocycles. The monoisotopic (exact) mass is 494 g/mol. The molecule has 0 aliphatic carbocycles. The first-order valence-electron chi connectivity index (χ1n) is 11.5. The van der Waals surface area contributed by atoms with E-state index in [0.717, 1.165) is 12.0 Å². The smallest absolute Gasteiger partial charge is 0.255 e. The Morgan fingerprint density at radius 1 is 0.943 bits per heavy atom. The number of rotatable bonds is 8. The van der Waals surface area contributed by atoms with Crippen LogP contribution in [0.15, 0.2) is 83.8 Å². The van der Waals surface area contributed by atoms with E-state index in [0.29, 0.717) is 36.6 Å². The maximum Gasteiger partial charge on any atom is 0.255 e. The summed E-state index contributed by atoms with van der Waals surface area (Å²) in [4.78, 5) is 13.3. The van der Waals surface area contributed by atoms with E-state index in [4.69, 9.17) is 9.47 Å². The largest absolute Gasteiger partial charge is 0.497 e.